The summed E-state index contributed by atoms with van der Waals surface area (Å²) in [6.45, 7) is 1.11. The minimum Gasteiger partial charge on any atom is -0.388 e. The van der Waals surface area contributed by atoms with Crippen LogP contribution in [0.5, 0.6) is 0 Å². The predicted octanol–water partition coefficient (Wildman–Crippen LogP) is 3.09. The molecule has 4 rings (SSSR count). The van der Waals surface area contributed by atoms with Crippen LogP contribution in [0.2, 0.25) is 0 Å². The van der Waals surface area contributed by atoms with E-state index in [9.17, 15) is 15.0 Å². The average molecular weight is 448 g/mol. The van der Waals surface area contributed by atoms with Crippen LogP contribution in [0.15, 0.2) is 91.0 Å². The Balaban J connectivity index is 1.45. The van der Waals surface area contributed by atoms with Gasteiger partial charge in [0.2, 0.25) is 0 Å². The van der Waals surface area contributed by atoms with E-state index >= 15 is 0 Å². The van der Waals surface area contributed by atoms with Gasteiger partial charge in [-0.2, -0.15) is 0 Å². The maximum absolute atomic E-state index is 13.1. The van der Waals surface area contributed by atoms with Crippen molar-refractivity contribution in [3.05, 3.63) is 108 Å². The van der Waals surface area contributed by atoms with E-state index in [1.165, 1.54) is 0 Å². The molecule has 1 fully saturated rings. The van der Waals surface area contributed by atoms with Crippen molar-refractivity contribution in [2.75, 3.05) is 13.2 Å². The minimum absolute atomic E-state index is 0.0215. The summed E-state index contributed by atoms with van der Waals surface area (Å²) in [5.74, 6) is -0.403. The molecule has 0 bridgehead atoms. The molecule has 0 aromatic heterocycles. The Hall–Kier alpha value is -2.87. The van der Waals surface area contributed by atoms with Gasteiger partial charge < -0.3 is 19.7 Å². The number of ether oxygens (including phenoxy) is 2. The number of carbonyl (C=O) groups excluding carboxylic acids is 1. The highest BCUT2D eigenvalue weighted by Crippen LogP contribution is 2.28. The first-order chi connectivity index (χ1) is 16.1. The molecule has 3 aromatic carbocycles. The van der Waals surface area contributed by atoms with Crippen molar-refractivity contribution in [2.24, 2.45) is 0 Å². The van der Waals surface area contributed by atoms with E-state index in [1.807, 2.05) is 95.9 Å². The molecule has 0 amide bonds. The number of aliphatic hydroxyl groups is 2. The van der Waals surface area contributed by atoms with Crippen LogP contribution in [0.25, 0.3) is 0 Å². The van der Waals surface area contributed by atoms with Gasteiger partial charge in [0.15, 0.2) is 12.1 Å². The predicted molar refractivity (Wildman–Crippen MR) is 124 cm³/mol. The van der Waals surface area contributed by atoms with Crippen LogP contribution in [-0.2, 0) is 27.4 Å². The molecule has 172 valence electrons. The van der Waals surface area contributed by atoms with Gasteiger partial charge in [0.25, 0.3) is 0 Å². The number of hydrogen-bond donors (Lipinski definition) is 2. The fourth-order valence-corrected chi connectivity index (χ4v) is 3.97. The van der Waals surface area contributed by atoms with E-state index in [1.54, 1.807) is 0 Å². The van der Waals surface area contributed by atoms with Gasteiger partial charge in [-0.15, -0.1) is 0 Å². The summed E-state index contributed by atoms with van der Waals surface area (Å²) >= 11 is 0. The molecule has 0 spiro atoms. The lowest BCUT2D eigenvalue weighted by Gasteiger charge is -2.36. The Morgan fingerprint density at radius 3 is 1.94 bits per heavy atom. The number of aliphatic hydroxyl groups excluding tert-OH is 2. The maximum atomic E-state index is 13.1. The van der Waals surface area contributed by atoms with Gasteiger partial charge in [0.1, 0.15) is 18.3 Å². The number of hydrogen-bond acceptors (Lipinski definition) is 6. The van der Waals surface area contributed by atoms with Gasteiger partial charge >= 0.3 is 0 Å². The van der Waals surface area contributed by atoms with Crippen LogP contribution in [0.1, 0.15) is 23.0 Å². The van der Waals surface area contributed by atoms with E-state index < -0.39 is 30.4 Å². The van der Waals surface area contributed by atoms with Crippen molar-refractivity contribution >= 4 is 5.78 Å². The minimum atomic E-state index is -1.47. The lowest BCUT2D eigenvalue weighted by atomic mass is 10.0. The molecule has 0 unspecified atom stereocenters. The highest BCUT2D eigenvalue weighted by atomic mass is 16.7. The van der Waals surface area contributed by atoms with E-state index in [0.717, 1.165) is 16.7 Å². The van der Waals surface area contributed by atoms with Gasteiger partial charge in [0, 0.05) is 18.7 Å². The zero-order chi connectivity index (χ0) is 23.0. The third kappa shape index (κ3) is 6.35. The molecule has 6 heteroatoms. The summed E-state index contributed by atoms with van der Waals surface area (Å²) < 4.78 is 11.4. The standard InChI is InChI=1S/C27H29NO5/c29-23(25(31)26-24(30)19-32-27(33-26)22-14-8-3-9-15-22)18-28(16-20-10-4-1-5-11-20)17-21-12-6-2-7-13-21/h1-15,24-27,30-31H,16-19H2/t24-,25-,26+,27+/m1/s1. The third-order valence-electron chi connectivity index (χ3n) is 5.67. The number of Topliss-reactive ketones (excluding diaryl/α,β-unsaturated/α-hetero) is 1. The van der Waals surface area contributed by atoms with Crippen molar-refractivity contribution in [3.8, 4) is 0 Å². The molecule has 0 saturated carbocycles. The second kappa shape index (κ2) is 11.3. The Bertz CT molecular complexity index is 957. The van der Waals surface area contributed by atoms with Crippen LogP contribution in [0.4, 0.5) is 0 Å². The first-order valence-electron chi connectivity index (χ1n) is 11.1. The third-order valence-corrected chi connectivity index (χ3v) is 5.67. The molecule has 1 saturated heterocycles. The molecule has 6 nitrogen and oxygen atoms in total. The first kappa shape index (κ1) is 23.3. The van der Waals surface area contributed by atoms with Gasteiger partial charge in [-0.1, -0.05) is 91.0 Å². The Labute approximate surface area is 194 Å². The normalized spacial score (nSPS) is 21.6. The first-order valence-corrected chi connectivity index (χ1v) is 11.1. The van der Waals surface area contributed by atoms with Crippen molar-refractivity contribution in [1.29, 1.82) is 0 Å². The highest BCUT2D eigenvalue weighted by Gasteiger charge is 2.39. The zero-order valence-electron chi connectivity index (χ0n) is 18.4. The van der Waals surface area contributed by atoms with Crippen molar-refractivity contribution in [3.63, 3.8) is 0 Å². The fourth-order valence-electron chi connectivity index (χ4n) is 3.97. The van der Waals surface area contributed by atoms with Crippen LogP contribution >= 0.6 is 0 Å². The highest BCUT2D eigenvalue weighted by molar-refractivity contribution is 5.85. The Morgan fingerprint density at radius 2 is 1.39 bits per heavy atom. The Kier molecular flexibility index (Phi) is 7.99. The van der Waals surface area contributed by atoms with Crippen molar-refractivity contribution in [1.82, 2.24) is 4.90 Å². The topological polar surface area (TPSA) is 79.2 Å². The average Bonchev–Trinajstić information content (AvgIpc) is 2.85. The monoisotopic (exact) mass is 447 g/mol. The summed E-state index contributed by atoms with van der Waals surface area (Å²) in [6, 6.07) is 29.1. The van der Waals surface area contributed by atoms with Crippen molar-refractivity contribution < 1.29 is 24.5 Å². The lowest BCUT2D eigenvalue weighted by molar-refractivity contribution is -0.272. The maximum Gasteiger partial charge on any atom is 0.184 e. The number of ketones is 1. The summed E-state index contributed by atoms with van der Waals surface area (Å²) in [5, 5.41) is 21.2. The molecule has 1 heterocycles. The van der Waals surface area contributed by atoms with E-state index in [2.05, 4.69) is 0 Å². The second-order valence-corrected chi connectivity index (χ2v) is 8.27. The Morgan fingerprint density at radius 1 is 0.879 bits per heavy atom. The summed E-state index contributed by atoms with van der Waals surface area (Å²) in [6.07, 6.45) is -4.37. The molecule has 33 heavy (non-hydrogen) atoms. The summed E-state index contributed by atoms with van der Waals surface area (Å²) in [5.41, 5.74) is 2.91. The van der Waals surface area contributed by atoms with Gasteiger partial charge in [-0.25, -0.2) is 0 Å². The van der Waals surface area contributed by atoms with Crippen molar-refractivity contribution in [2.45, 2.75) is 37.7 Å². The van der Waals surface area contributed by atoms with Gasteiger partial charge in [-0.05, 0) is 11.1 Å². The number of nitrogens with zero attached hydrogens (tertiary/aromatic N) is 1. The van der Waals surface area contributed by atoms with Crippen LogP contribution in [-0.4, -0.2) is 52.4 Å². The van der Waals surface area contributed by atoms with Gasteiger partial charge in [0.05, 0.1) is 13.2 Å². The number of rotatable bonds is 9. The molecule has 0 radical (unpaired) electrons. The largest absolute Gasteiger partial charge is 0.388 e. The molecule has 4 atom stereocenters. The van der Waals surface area contributed by atoms with Crippen LogP contribution < -0.4 is 0 Å². The summed E-state index contributed by atoms with van der Waals surface area (Å²) in [4.78, 5) is 15.1. The number of benzene rings is 3. The molecule has 1 aliphatic rings. The lowest BCUT2D eigenvalue weighted by Crippen LogP contribution is -2.52. The molecule has 0 aliphatic carbocycles. The SMILES string of the molecule is O=C(CN(Cc1ccccc1)Cc1ccccc1)[C@@H](O)[C@H]1O[C@@H](c2ccccc2)OC[C@H]1O. The molecule has 1 aliphatic heterocycles. The van der Waals surface area contributed by atoms with E-state index in [0.29, 0.717) is 13.1 Å². The zero-order valence-corrected chi connectivity index (χ0v) is 18.4. The molecule has 3 aromatic rings. The fraction of sp³-hybridized carbons (Fsp3) is 0.296. The number of carbonyl (C=O) groups is 1. The summed E-state index contributed by atoms with van der Waals surface area (Å²) in [7, 11) is 0. The van der Waals surface area contributed by atoms with Crippen LogP contribution in [0.3, 0.4) is 0 Å². The smallest absolute Gasteiger partial charge is 0.184 e. The molecular formula is C27H29NO5. The second-order valence-electron chi connectivity index (χ2n) is 8.27. The van der Waals surface area contributed by atoms with E-state index in [-0.39, 0.29) is 13.2 Å². The molecule has 2 N–H and O–H groups in total. The quantitative estimate of drug-likeness (QED) is 0.525. The van der Waals surface area contributed by atoms with E-state index in [4.69, 9.17) is 9.47 Å². The molecular weight excluding hydrogens is 418 g/mol. The van der Waals surface area contributed by atoms with Crippen LogP contribution in [0, 0.1) is 0 Å². The van der Waals surface area contributed by atoms with Gasteiger partial charge in [-0.3, -0.25) is 9.69 Å².